The molecule has 0 saturated carbocycles. The lowest BCUT2D eigenvalue weighted by atomic mass is 9.96. The molecule has 6 nitrogen and oxygen atoms in total. The lowest BCUT2D eigenvalue weighted by Crippen LogP contribution is -2.20. The van der Waals surface area contributed by atoms with Crippen molar-refractivity contribution in [1.82, 2.24) is 5.48 Å². The minimum Gasteiger partial charge on any atom is -0.504 e. The lowest BCUT2D eigenvalue weighted by Gasteiger charge is -2.21. The topological polar surface area (TPSA) is 80.2 Å². The molecular weight excluding hydrogens is 334 g/mol. The van der Waals surface area contributed by atoms with Crippen molar-refractivity contribution in [2.75, 3.05) is 20.8 Å². The van der Waals surface area contributed by atoms with Crippen LogP contribution in [0.15, 0.2) is 30.1 Å². The summed E-state index contributed by atoms with van der Waals surface area (Å²) < 4.78 is 10.4. The van der Waals surface area contributed by atoms with Gasteiger partial charge in [-0.15, -0.1) is 0 Å². The highest BCUT2D eigenvalue weighted by molar-refractivity contribution is 5.53. The third kappa shape index (κ3) is 6.05. The Morgan fingerprint density at radius 1 is 1.35 bits per heavy atom. The number of unbranched alkanes of at least 4 members (excludes halogenated alkanes) is 1. The van der Waals surface area contributed by atoms with Gasteiger partial charge in [0.2, 0.25) is 0 Å². The number of aromatic hydroxyl groups is 1. The van der Waals surface area contributed by atoms with Gasteiger partial charge in [0.15, 0.2) is 11.5 Å². The molecule has 0 aliphatic heterocycles. The molecule has 26 heavy (non-hydrogen) atoms. The Labute approximate surface area is 156 Å². The van der Waals surface area contributed by atoms with Gasteiger partial charge in [0.1, 0.15) is 11.9 Å². The molecule has 3 N–H and O–H groups in total. The van der Waals surface area contributed by atoms with E-state index in [0.29, 0.717) is 17.9 Å². The van der Waals surface area contributed by atoms with E-state index < -0.39 is 0 Å². The van der Waals surface area contributed by atoms with Crippen molar-refractivity contribution < 1.29 is 24.5 Å². The number of allylic oxidation sites excluding steroid dienone is 3. The molecule has 0 fully saturated rings. The number of ether oxygens (including phenoxy) is 2. The van der Waals surface area contributed by atoms with Gasteiger partial charge in [-0.1, -0.05) is 6.08 Å². The first-order chi connectivity index (χ1) is 12.5. The van der Waals surface area contributed by atoms with Crippen molar-refractivity contribution in [3.8, 4) is 11.5 Å². The lowest BCUT2D eigenvalue weighted by molar-refractivity contribution is -0.0178. The molecule has 0 aliphatic carbocycles. The molecule has 0 radical (unpaired) electrons. The number of benzene rings is 1. The van der Waals surface area contributed by atoms with Crippen molar-refractivity contribution in [1.29, 1.82) is 0 Å². The fourth-order valence-electron chi connectivity index (χ4n) is 2.78. The van der Waals surface area contributed by atoms with Gasteiger partial charge in [0.05, 0.1) is 20.8 Å². The van der Waals surface area contributed by atoms with Crippen LogP contribution in [0.5, 0.6) is 11.5 Å². The number of rotatable bonds is 11. The number of nitrogens with one attached hydrogen (secondary N) is 1. The van der Waals surface area contributed by atoms with Gasteiger partial charge < -0.3 is 19.7 Å². The molecule has 0 amide bonds. The Morgan fingerprint density at radius 3 is 2.65 bits per heavy atom. The number of aliphatic hydroxyl groups is 1. The van der Waals surface area contributed by atoms with Crippen LogP contribution in [0.25, 0.3) is 0 Å². The van der Waals surface area contributed by atoms with Crippen LogP contribution in [0.2, 0.25) is 0 Å². The maximum atomic E-state index is 10.2. The zero-order chi connectivity index (χ0) is 19.5. The Hall–Kier alpha value is -2.02. The van der Waals surface area contributed by atoms with Crippen LogP contribution in [-0.2, 0) is 16.2 Å². The minimum atomic E-state index is -0.331. The van der Waals surface area contributed by atoms with Gasteiger partial charge in [-0.2, -0.15) is 0 Å². The summed E-state index contributed by atoms with van der Waals surface area (Å²) in [4.78, 5) is 5.68. The average Bonchev–Trinajstić information content (AvgIpc) is 2.64. The first-order valence-electron chi connectivity index (χ1n) is 8.75. The number of aliphatic hydroxyl groups excluding tert-OH is 1. The van der Waals surface area contributed by atoms with Gasteiger partial charge in [0.25, 0.3) is 0 Å². The maximum absolute atomic E-state index is 10.2. The van der Waals surface area contributed by atoms with Crippen molar-refractivity contribution in [3.05, 3.63) is 46.7 Å². The number of phenols is 1. The van der Waals surface area contributed by atoms with Crippen molar-refractivity contribution in [2.24, 2.45) is 0 Å². The van der Waals surface area contributed by atoms with E-state index in [9.17, 15) is 10.2 Å². The van der Waals surface area contributed by atoms with Gasteiger partial charge in [-0.05, 0) is 63.0 Å². The molecular formula is C20H31NO5. The van der Waals surface area contributed by atoms with Crippen molar-refractivity contribution in [3.63, 3.8) is 0 Å². The third-order valence-corrected chi connectivity index (χ3v) is 4.06. The molecule has 6 heteroatoms. The molecule has 1 aromatic carbocycles. The molecule has 146 valence electrons. The van der Waals surface area contributed by atoms with Crippen LogP contribution in [0.4, 0.5) is 0 Å². The number of methoxy groups -OCH3 is 2. The third-order valence-electron chi connectivity index (χ3n) is 4.06. The quantitative estimate of drug-likeness (QED) is 0.240. The summed E-state index contributed by atoms with van der Waals surface area (Å²) in [6, 6.07) is 1.74. The smallest absolute Gasteiger partial charge is 0.163 e. The molecule has 0 heterocycles. The van der Waals surface area contributed by atoms with Gasteiger partial charge in [-0.25, -0.2) is 5.48 Å². The zero-order valence-corrected chi connectivity index (χ0v) is 16.3. The van der Waals surface area contributed by atoms with E-state index in [1.54, 1.807) is 13.2 Å². The Kier molecular flexibility index (Phi) is 9.80. The van der Waals surface area contributed by atoms with Gasteiger partial charge >= 0.3 is 0 Å². The molecule has 1 unspecified atom stereocenters. The Balaban J connectivity index is 2.61. The molecule has 0 saturated heterocycles. The summed E-state index contributed by atoms with van der Waals surface area (Å²) in [5.41, 5.74) is 5.02. The number of hydroxylamine groups is 1. The summed E-state index contributed by atoms with van der Waals surface area (Å²) in [5, 5.41) is 19.9. The highest BCUT2D eigenvalue weighted by Gasteiger charge is 2.20. The predicted molar refractivity (Wildman–Crippen MR) is 102 cm³/mol. The van der Waals surface area contributed by atoms with E-state index in [1.807, 2.05) is 39.0 Å². The van der Waals surface area contributed by atoms with Crippen molar-refractivity contribution >= 4 is 0 Å². The molecule has 0 aromatic heterocycles. The summed E-state index contributed by atoms with van der Waals surface area (Å²) in [6.07, 6.45) is 7.30. The van der Waals surface area contributed by atoms with Crippen LogP contribution in [0.1, 0.15) is 49.5 Å². The second kappa shape index (κ2) is 11.6. The molecule has 1 rings (SSSR count). The summed E-state index contributed by atoms with van der Waals surface area (Å²) in [5.74, 6) is 1.14. The van der Waals surface area contributed by atoms with Crippen LogP contribution in [0, 0.1) is 6.92 Å². The first-order valence-corrected chi connectivity index (χ1v) is 8.75. The highest BCUT2D eigenvalue weighted by Crippen LogP contribution is 2.38. The fourth-order valence-corrected chi connectivity index (χ4v) is 2.78. The van der Waals surface area contributed by atoms with E-state index in [2.05, 4.69) is 5.48 Å². The zero-order valence-electron chi connectivity index (χ0n) is 16.3. The monoisotopic (exact) mass is 365 g/mol. The molecule has 0 bridgehead atoms. The largest absolute Gasteiger partial charge is 0.504 e. The van der Waals surface area contributed by atoms with E-state index in [1.165, 1.54) is 7.11 Å². The Bertz CT molecular complexity index is 625. The predicted octanol–water partition coefficient (Wildman–Crippen LogP) is 3.67. The highest BCUT2D eigenvalue weighted by atomic mass is 16.7. The molecule has 1 atom stereocenters. The second-order valence-corrected chi connectivity index (χ2v) is 5.90. The molecule has 0 aliphatic rings. The molecule has 1 aromatic rings. The summed E-state index contributed by atoms with van der Waals surface area (Å²) >= 11 is 0. The average molecular weight is 365 g/mol. The van der Waals surface area contributed by atoms with E-state index in [0.717, 1.165) is 29.7 Å². The number of aryl methyl sites for hydroxylation is 1. The SMILES string of the molecule is C/C=C\C(=C/CCCNOC(C)c1c(C)cc(OC)c(O)c1CO)OC. The summed E-state index contributed by atoms with van der Waals surface area (Å²) in [7, 11) is 3.14. The van der Waals surface area contributed by atoms with E-state index in [-0.39, 0.29) is 18.5 Å². The Morgan fingerprint density at radius 2 is 2.08 bits per heavy atom. The van der Waals surface area contributed by atoms with Crippen LogP contribution < -0.4 is 10.2 Å². The standard InChI is InChI=1S/C20H31NO5/c1-6-9-16(24-4)10-7-8-11-21-26-15(3)19-14(2)12-18(25-5)20(23)17(19)13-22/h6,9-10,12,15,21-23H,7-8,11,13H2,1-5H3/b9-6-,16-10+. The van der Waals surface area contributed by atoms with Crippen LogP contribution in [-0.4, -0.2) is 31.0 Å². The number of hydrogen-bond acceptors (Lipinski definition) is 6. The summed E-state index contributed by atoms with van der Waals surface area (Å²) in [6.45, 7) is 6.10. The first kappa shape index (κ1) is 22.0. The normalized spacial score (nSPS) is 13.2. The van der Waals surface area contributed by atoms with E-state index >= 15 is 0 Å². The fraction of sp³-hybridized carbons (Fsp3) is 0.500. The number of hydrogen-bond donors (Lipinski definition) is 3. The minimum absolute atomic E-state index is 0.0488. The molecule has 0 spiro atoms. The van der Waals surface area contributed by atoms with E-state index in [4.69, 9.17) is 14.3 Å². The van der Waals surface area contributed by atoms with Crippen molar-refractivity contribution in [2.45, 2.75) is 46.3 Å². The second-order valence-electron chi connectivity index (χ2n) is 5.90. The van der Waals surface area contributed by atoms with Gasteiger partial charge in [-0.3, -0.25) is 4.84 Å². The maximum Gasteiger partial charge on any atom is 0.163 e. The van der Waals surface area contributed by atoms with Crippen LogP contribution >= 0.6 is 0 Å². The van der Waals surface area contributed by atoms with Gasteiger partial charge in [0, 0.05) is 12.1 Å². The van der Waals surface area contributed by atoms with Crippen LogP contribution in [0.3, 0.4) is 0 Å².